The van der Waals surface area contributed by atoms with Crippen LogP contribution in [0.5, 0.6) is 5.75 Å². The molecule has 1 heterocycles. The van der Waals surface area contributed by atoms with E-state index in [2.05, 4.69) is 15.5 Å². The lowest BCUT2D eigenvalue weighted by Gasteiger charge is -2.16. The van der Waals surface area contributed by atoms with Gasteiger partial charge in [-0.05, 0) is 44.5 Å². The Labute approximate surface area is 162 Å². The van der Waals surface area contributed by atoms with E-state index >= 15 is 0 Å². The standard InChI is InChI=1S/C20H20ClN3O3/c1-12-8-9-17(13(2)10-12)26-14(3)20(25)22-11-18-23-19(24-27-18)15-6-4-5-7-16(15)21/h4-10,14H,11H2,1-3H3,(H,22,25)/t14-/m1/s1. The van der Waals surface area contributed by atoms with E-state index in [0.717, 1.165) is 11.1 Å². The topological polar surface area (TPSA) is 77.2 Å². The molecule has 1 atom stereocenters. The fraction of sp³-hybridized carbons (Fsp3) is 0.250. The van der Waals surface area contributed by atoms with Crippen LogP contribution in [0.15, 0.2) is 47.0 Å². The molecule has 0 unspecified atom stereocenters. The Morgan fingerprint density at radius 2 is 2.04 bits per heavy atom. The number of ether oxygens (including phenoxy) is 1. The van der Waals surface area contributed by atoms with Crippen LogP contribution in [-0.2, 0) is 11.3 Å². The van der Waals surface area contributed by atoms with E-state index in [9.17, 15) is 4.79 Å². The van der Waals surface area contributed by atoms with Crippen LogP contribution in [0.1, 0.15) is 23.9 Å². The first-order valence-corrected chi connectivity index (χ1v) is 8.91. The molecule has 0 aliphatic rings. The molecule has 27 heavy (non-hydrogen) atoms. The second kappa shape index (κ2) is 8.22. The summed E-state index contributed by atoms with van der Waals surface area (Å²) in [4.78, 5) is 16.5. The third-order valence-corrected chi connectivity index (χ3v) is 4.33. The van der Waals surface area contributed by atoms with Crippen molar-refractivity contribution < 1.29 is 14.1 Å². The molecule has 3 rings (SSSR count). The van der Waals surface area contributed by atoms with E-state index in [1.54, 1.807) is 19.1 Å². The maximum absolute atomic E-state index is 12.3. The highest BCUT2D eigenvalue weighted by Crippen LogP contribution is 2.25. The Bertz CT molecular complexity index is 955. The number of aryl methyl sites for hydroxylation is 2. The lowest BCUT2D eigenvalue weighted by molar-refractivity contribution is -0.127. The second-order valence-corrected chi connectivity index (χ2v) is 6.65. The van der Waals surface area contributed by atoms with Crippen LogP contribution in [0.2, 0.25) is 5.02 Å². The van der Waals surface area contributed by atoms with Crippen molar-refractivity contribution in [2.75, 3.05) is 0 Å². The molecule has 0 aliphatic carbocycles. The van der Waals surface area contributed by atoms with Gasteiger partial charge in [0.15, 0.2) is 6.10 Å². The smallest absolute Gasteiger partial charge is 0.261 e. The van der Waals surface area contributed by atoms with Crippen LogP contribution in [0.4, 0.5) is 0 Å². The lowest BCUT2D eigenvalue weighted by atomic mass is 10.1. The van der Waals surface area contributed by atoms with Crippen molar-refractivity contribution in [3.05, 3.63) is 64.5 Å². The van der Waals surface area contributed by atoms with E-state index < -0.39 is 6.10 Å². The molecule has 0 radical (unpaired) electrons. The van der Waals surface area contributed by atoms with Crippen molar-refractivity contribution >= 4 is 17.5 Å². The molecule has 1 amide bonds. The molecule has 1 N–H and O–H groups in total. The van der Waals surface area contributed by atoms with Crippen LogP contribution >= 0.6 is 11.6 Å². The first kappa shape index (κ1) is 18.9. The molecule has 1 aromatic heterocycles. The maximum Gasteiger partial charge on any atom is 0.261 e. The molecular formula is C20H20ClN3O3. The van der Waals surface area contributed by atoms with Crippen LogP contribution in [0.3, 0.4) is 0 Å². The van der Waals surface area contributed by atoms with E-state index in [0.29, 0.717) is 22.2 Å². The van der Waals surface area contributed by atoms with Crippen LogP contribution in [0, 0.1) is 13.8 Å². The number of benzene rings is 2. The average Bonchev–Trinajstić information content (AvgIpc) is 3.11. The number of nitrogens with zero attached hydrogens (tertiary/aromatic N) is 2. The highest BCUT2D eigenvalue weighted by atomic mass is 35.5. The minimum Gasteiger partial charge on any atom is -0.481 e. The summed E-state index contributed by atoms with van der Waals surface area (Å²) in [5, 5.41) is 7.17. The largest absolute Gasteiger partial charge is 0.481 e. The monoisotopic (exact) mass is 385 g/mol. The van der Waals surface area contributed by atoms with Gasteiger partial charge in [0.2, 0.25) is 11.7 Å². The summed E-state index contributed by atoms with van der Waals surface area (Å²) in [6, 6.07) is 13.0. The van der Waals surface area contributed by atoms with Crippen molar-refractivity contribution in [1.29, 1.82) is 0 Å². The van der Waals surface area contributed by atoms with Gasteiger partial charge in [0.05, 0.1) is 11.6 Å². The van der Waals surface area contributed by atoms with Crippen molar-refractivity contribution in [2.24, 2.45) is 0 Å². The van der Waals surface area contributed by atoms with E-state index in [4.69, 9.17) is 20.9 Å². The van der Waals surface area contributed by atoms with Crippen molar-refractivity contribution in [1.82, 2.24) is 15.5 Å². The fourth-order valence-corrected chi connectivity index (χ4v) is 2.78. The number of hydrogen-bond donors (Lipinski definition) is 1. The Balaban J connectivity index is 1.58. The molecule has 0 spiro atoms. The highest BCUT2D eigenvalue weighted by molar-refractivity contribution is 6.33. The van der Waals surface area contributed by atoms with Crippen molar-refractivity contribution in [3.8, 4) is 17.1 Å². The molecule has 140 valence electrons. The van der Waals surface area contributed by atoms with Crippen molar-refractivity contribution in [2.45, 2.75) is 33.4 Å². The van der Waals surface area contributed by atoms with E-state index in [1.165, 1.54) is 0 Å². The summed E-state index contributed by atoms with van der Waals surface area (Å²) >= 11 is 6.13. The number of rotatable bonds is 6. The summed E-state index contributed by atoms with van der Waals surface area (Å²) in [5.74, 6) is 1.08. The number of hydrogen-bond acceptors (Lipinski definition) is 5. The van der Waals surface area contributed by atoms with Gasteiger partial charge in [-0.3, -0.25) is 4.79 Å². The van der Waals surface area contributed by atoms with E-state index in [1.807, 2.05) is 44.2 Å². The third-order valence-electron chi connectivity index (χ3n) is 4.00. The van der Waals surface area contributed by atoms with Crippen LogP contribution < -0.4 is 10.1 Å². The summed E-state index contributed by atoms with van der Waals surface area (Å²) in [5.41, 5.74) is 2.80. The van der Waals surface area contributed by atoms with Crippen molar-refractivity contribution in [3.63, 3.8) is 0 Å². The quantitative estimate of drug-likeness (QED) is 0.691. The van der Waals surface area contributed by atoms with Gasteiger partial charge >= 0.3 is 0 Å². The van der Waals surface area contributed by atoms with Gasteiger partial charge in [0.1, 0.15) is 5.75 Å². The molecule has 6 nitrogen and oxygen atoms in total. The third kappa shape index (κ3) is 4.65. The predicted octanol–water partition coefficient (Wildman–Crippen LogP) is 4.09. The van der Waals surface area contributed by atoms with Gasteiger partial charge in [-0.2, -0.15) is 4.98 Å². The van der Waals surface area contributed by atoms with Crippen LogP contribution in [-0.4, -0.2) is 22.2 Å². The van der Waals surface area contributed by atoms with E-state index in [-0.39, 0.29) is 18.3 Å². The normalized spacial score (nSPS) is 11.9. The predicted molar refractivity (Wildman–Crippen MR) is 103 cm³/mol. The zero-order valence-electron chi connectivity index (χ0n) is 15.3. The van der Waals surface area contributed by atoms with Gasteiger partial charge < -0.3 is 14.6 Å². The van der Waals surface area contributed by atoms with Gasteiger partial charge in [0.25, 0.3) is 5.91 Å². The highest BCUT2D eigenvalue weighted by Gasteiger charge is 2.17. The number of nitrogens with one attached hydrogen (secondary N) is 1. The number of aromatic nitrogens is 2. The van der Waals surface area contributed by atoms with Gasteiger partial charge in [-0.25, -0.2) is 0 Å². The number of carbonyl (C=O) groups excluding carboxylic acids is 1. The average molecular weight is 386 g/mol. The second-order valence-electron chi connectivity index (χ2n) is 6.24. The minimum absolute atomic E-state index is 0.108. The molecule has 0 saturated heterocycles. The molecular weight excluding hydrogens is 366 g/mol. The summed E-state index contributed by atoms with van der Waals surface area (Å²) < 4.78 is 10.9. The summed E-state index contributed by atoms with van der Waals surface area (Å²) in [7, 11) is 0. The number of halogens is 1. The first-order valence-electron chi connectivity index (χ1n) is 8.53. The molecule has 3 aromatic rings. The molecule has 7 heteroatoms. The minimum atomic E-state index is -0.655. The Hall–Kier alpha value is -2.86. The molecule has 0 saturated carbocycles. The molecule has 0 bridgehead atoms. The van der Waals surface area contributed by atoms with Gasteiger partial charge in [-0.1, -0.05) is 46.6 Å². The summed E-state index contributed by atoms with van der Waals surface area (Å²) in [6.07, 6.45) is -0.655. The maximum atomic E-state index is 12.3. The van der Waals surface area contributed by atoms with Crippen LogP contribution in [0.25, 0.3) is 11.4 Å². The van der Waals surface area contributed by atoms with Gasteiger partial charge in [0, 0.05) is 5.56 Å². The Morgan fingerprint density at radius 1 is 1.26 bits per heavy atom. The fourth-order valence-electron chi connectivity index (χ4n) is 2.56. The lowest BCUT2D eigenvalue weighted by Crippen LogP contribution is -2.36. The Morgan fingerprint density at radius 3 is 2.78 bits per heavy atom. The number of carbonyl (C=O) groups is 1. The molecule has 0 fully saturated rings. The zero-order chi connectivity index (χ0) is 19.4. The molecule has 0 aliphatic heterocycles. The number of amides is 1. The Kier molecular flexibility index (Phi) is 5.76. The van der Waals surface area contributed by atoms with Gasteiger partial charge in [-0.15, -0.1) is 0 Å². The summed E-state index contributed by atoms with van der Waals surface area (Å²) in [6.45, 7) is 5.75. The zero-order valence-corrected chi connectivity index (χ0v) is 16.1. The first-order chi connectivity index (χ1) is 12.9. The SMILES string of the molecule is Cc1ccc(O[C@H](C)C(=O)NCc2nc(-c3ccccc3Cl)no2)c(C)c1. The molecule has 2 aromatic carbocycles.